The molecule has 1 aromatic rings. The zero-order valence-electron chi connectivity index (χ0n) is 10.0. The lowest BCUT2D eigenvalue weighted by atomic mass is 9.86. The summed E-state index contributed by atoms with van der Waals surface area (Å²) in [4.78, 5) is 10.3. The molecular weight excluding hydrogens is 234 g/mol. The number of non-ortho nitro benzene ring substituents is 1. The van der Waals surface area contributed by atoms with Gasteiger partial charge in [-0.1, -0.05) is 0 Å². The summed E-state index contributed by atoms with van der Waals surface area (Å²) in [5, 5.41) is 23.8. The Morgan fingerprint density at radius 3 is 2.72 bits per heavy atom. The first kappa shape index (κ1) is 12.8. The minimum absolute atomic E-state index is 0.0339. The lowest BCUT2D eigenvalue weighted by Crippen LogP contribution is -2.33. The average Bonchev–Trinajstić information content (AvgIpc) is 2.39. The summed E-state index contributed by atoms with van der Waals surface area (Å²) >= 11 is 0. The number of phenols is 1. The zero-order valence-corrected chi connectivity index (χ0v) is 10.0. The van der Waals surface area contributed by atoms with Gasteiger partial charge in [0.25, 0.3) is 5.69 Å². The van der Waals surface area contributed by atoms with Gasteiger partial charge in [0.1, 0.15) is 5.75 Å². The van der Waals surface area contributed by atoms with E-state index in [0.717, 1.165) is 25.9 Å². The van der Waals surface area contributed by atoms with E-state index in [0.29, 0.717) is 5.56 Å². The second-order valence-corrected chi connectivity index (χ2v) is 4.61. The van der Waals surface area contributed by atoms with Crippen molar-refractivity contribution in [2.24, 2.45) is 11.7 Å². The van der Waals surface area contributed by atoms with Gasteiger partial charge in [-0.3, -0.25) is 10.1 Å². The van der Waals surface area contributed by atoms with Crippen LogP contribution in [0.25, 0.3) is 0 Å². The summed E-state index contributed by atoms with van der Waals surface area (Å²) in [6, 6.07) is 3.65. The zero-order chi connectivity index (χ0) is 13.1. The second kappa shape index (κ2) is 5.32. The van der Waals surface area contributed by atoms with Gasteiger partial charge in [0, 0.05) is 23.7 Å². The topological polar surface area (TPSA) is 101 Å². The maximum absolute atomic E-state index is 10.7. The van der Waals surface area contributed by atoms with Gasteiger partial charge in [-0.2, -0.15) is 0 Å². The number of rotatable bonds is 3. The van der Waals surface area contributed by atoms with Crippen molar-refractivity contribution in [2.75, 3.05) is 13.1 Å². The summed E-state index contributed by atoms with van der Waals surface area (Å²) in [5.74, 6) is 0.283. The lowest BCUT2D eigenvalue weighted by Gasteiger charge is -2.28. The Bertz CT molecular complexity index is 444. The van der Waals surface area contributed by atoms with Crippen LogP contribution < -0.4 is 11.1 Å². The van der Waals surface area contributed by atoms with Gasteiger partial charge in [0.05, 0.1) is 4.92 Å². The van der Waals surface area contributed by atoms with Crippen molar-refractivity contribution in [1.82, 2.24) is 5.32 Å². The lowest BCUT2D eigenvalue weighted by molar-refractivity contribution is -0.385. The van der Waals surface area contributed by atoms with Gasteiger partial charge < -0.3 is 16.2 Å². The Labute approximate surface area is 105 Å². The third-order valence-electron chi connectivity index (χ3n) is 3.47. The first-order valence-corrected chi connectivity index (χ1v) is 6.03. The Morgan fingerprint density at radius 1 is 1.44 bits per heavy atom. The van der Waals surface area contributed by atoms with Gasteiger partial charge in [0.15, 0.2) is 0 Å². The number of hydrogen-bond donors (Lipinski definition) is 3. The number of aromatic hydroxyl groups is 1. The van der Waals surface area contributed by atoms with Crippen molar-refractivity contribution in [1.29, 1.82) is 0 Å². The third kappa shape index (κ3) is 2.60. The number of nitrogens with zero attached hydrogens (tertiary/aromatic N) is 1. The molecule has 98 valence electrons. The summed E-state index contributed by atoms with van der Waals surface area (Å²) in [7, 11) is 0. The SMILES string of the molecule is NC(c1cc([N+](=O)[O-])ccc1O)C1CCNCC1. The van der Waals surface area contributed by atoms with Crippen molar-refractivity contribution in [3.05, 3.63) is 33.9 Å². The van der Waals surface area contributed by atoms with Gasteiger partial charge in [0.2, 0.25) is 0 Å². The van der Waals surface area contributed by atoms with Gasteiger partial charge in [-0.15, -0.1) is 0 Å². The van der Waals surface area contributed by atoms with E-state index in [9.17, 15) is 15.2 Å². The number of benzene rings is 1. The molecule has 18 heavy (non-hydrogen) atoms. The molecule has 0 amide bonds. The Hall–Kier alpha value is -1.66. The molecule has 0 spiro atoms. The fourth-order valence-corrected chi connectivity index (χ4v) is 2.38. The van der Waals surface area contributed by atoms with E-state index in [2.05, 4.69) is 5.32 Å². The number of piperidine rings is 1. The summed E-state index contributed by atoms with van der Waals surface area (Å²) in [5.41, 5.74) is 6.56. The van der Waals surface area contributed by atoms with Gasteiger partial charge in [-0.05, 0) is 37.9 Å². The molecule has 1 aliphatic heterocycles. The first-order chi connectivity index (χ1) is 8.59. The molecule has 6 heteroatoms. The number of phenolic OH excluding ortho intramolecular Hbond substituents is 1. The largest absolute Gasteiger partial charge is 0.508 e. The molecule has 1 aliphatic rings. The van der Waals surface area contributed by atoms with Crippen LogP contribution in [0.1, 0.15) is 24.4 Å². The molecule has 1 fully saturated rings. The second-order valence-electron chi connectivity index (χ2n) is 4.61. The molecule has 0 aliphatic carbocycles. The molecule has 6 nitrogen and oxygen atoms in total. The molecule has 0 aromatic heterocycles. The van der Waals surface area contributed by atoms with Crippen molar-refractivity contribution >= 4 is 5.69 Å². The molecule has 0 saturated carbocycles. The maximum Gasteiger partial charge on any atom is 0.270 e. The van der Waals surface area contributed by atoms with E-state index in [1.807, 2.05) is 0 Å². The summed E-state index contributed by atoms with van der Waals surface area (Å²) in [6.45, 7) is 1.79. The molecule has 1 aromatic carbocycles. The minimum atomic E-state index is -0.474. The third-order valence-corrected chi connectivity index (χ3v) is 3.47. The van der Waals surface area contributed by atoms with E-state index in [4.69, 9.17) is 5.73 Å². The van der Waals surface area contributed by atoms with Crippen LogP contribution in [0.15, 0.2) is 18.2 Å². The first-order valence-electron chi connectivity index (χ1n) is 6.03. The number of hydrogen-bond acceptors (Lipinski definition) is 5. The highest BCUT2D eigenvalue weighted by atomic mass is 16.6. The van der Waals surface area contributed by atoms with E-state index >= 15 is 0 Å². The predicted octanol–water partition coefficient (Wildman–Crippen LogP) is 1.30. The maximum atomic E-state index is 10.7. The number of nitro groups is 1. The molecule has 4 N–H and O–H groups in total. The highest BCUT2D eigenvalue weighted by Gasteiger charge is 2.25. The number of nitrogens with one attached hydrogen (secondary N) is 1. The van der Waals surface area contributed by atoms with Gasteiger partial charge in [-0.25, -0.2) is 0 Å². The van der Waals surface area contributed by atoms with Crippen LogP contribution in [-0.4, -0.2) is 23.1 Å². The molecule has 1 heterocycles. The standard InChI is InChI=1S/C12H17N3O3/c13-12(8-3-5-14-6-4-8)10-7-9(15(17)18)1-2-11(10)16/h1-2,7-8,12,14,16H,3-6,13H2. The Balaban J connectivity index is 2.25. The van der Waals surface area contributed by atoms with Crippen LogP contribution in [0.4, 0.5) is 5.69 Å². The van der Waals surface area contributed by atoms with Crippen molar-refractivity contribution in [2.45, 2.75) is 18.9 Å². The van der Waals surface area contributed by atoms with E-state index in [-0.39, 0.29) is 23.4 Å². The number of nitro benzene ring substituents is 1. The minimum Gasteiger partial charge on any atom is -0.508 e. The van der Waals surface area contributed by atoms with Crippen LogP contribution in [0.3, 0.4) is 0 Å². The summed E-state index contributed by atoms with van der Waals surface area (Å²) < 4.78 is 0. The highest BCUT2D eigenvalue weighted by molar-refractivity contribution is 5.44. The number of nitrogens with two attached hydrogens (primary N) is 1. The molecule has 0 bridgehead atoms. The predicted molar refractivity (Wildman–Crippen MR) is 67.3 cm³/mol. The molecule has 0 radical (unpaired) electrons. The molecule has 2 rings (SSSR count). The van der Waals surface area contributed by atoms with Gasteiger partial charge >= 0.3 is 0 Å². The smallest absolute Gasteiger partial charge is 0.270 e. The molecule has 1 saturated heterocycles. The Morgan fingerprint density at radius 2 is 2.11 bits per heavy atom. The van der Waals surface area contributed by atoms with Crippen molar-refractivity contribution in [3.8, 4) is 5.75 Å². The van der Waals surface area contributed by atoms with E-state index < -0.39 is 4.92 Å². The van der Waals surface area contributed by atoms with Crippen LogP contribution in [-0.2, 0) is 0 Å². The highest BCUT2D eigenvalue weighted by Crippen LogP contribution is 2.34. The van der Waals surface area contributed by atoms with Crippen molar-refractivity contribution < 1.29 is 10.0 Å². The van der Waals surface area contributed by atoms with Crippen LogP contribution >= 0.6 is 0 Å². The fourth-order valence-electron chi connectivity index (χ4n) is 2.38. The average molecular weight is 251 g/mol. The normalized spacial score (nSPS) is 18.5. The monoisotopic (exact) mass is 251 g/mol. The molecular formula is C12H17N3O3. The fraction of sp³-hybridized carbons (Fsp3) is 0.500. The van der Waals surface area contributed by atoms with Crippen LogP contribution in [0, 0.1) is 16.0 Å². The van der Waals surface area contributed by atoms with Crippen LogP contribution in [0.2, 0.25) is 0 Å². The van der Waals surface area contributed by atoms with E-state index in [1.165, 1.54) is 18.2 Å². The quantitative estimate of drug-likeness (QED) is 0.555. The Kier molecular flexibility index (Phi) is 3.78. The molecule has 1 atom stereocenters. The van der Waals surface area contributed by atoms with E-state index in [1.54, 1.807) is 0 Å². The molecule has 1 unspecified atom stereocenters. The van der Waals surface area contributed by atoms with Crippen LogP contribution in [0.5, 0.6) is 5.75 Å². The summed E-state index contributed by atoms with van der Waals surface area (Å²) in [6.07, 6.45) is 1.84. The van der Waals surface area contributed by atoms with Crippen molar-refractivity contribution in [3.63, 3.8) is 0 Å².